The van der Waals surface area contributed by atoms with Crippen molar-refractivity contribution in [3.05, 3.63) is 87.4 Å². The summed E-state index contributed by atoms with van der Waals surface area (Å²) in [4.78, 5) is 24.8. The van der Waals surface area contributed by atoms with E-state index in [4.69, 9.17) is 22.1 Å². The predicted octanol–water partition coefficient (Wildman–Crippen LogP) is 4.57. The molecule has 3 aromatic rings. The number of nitrogens with two attached hydrogens (primary N) is 1. The fraction of sp³-hybridized carbons (Fsp3) is 0.182. The number of nitrogen functional groups attached to an aromatic ring is 1. The number of hydrogen-bond donors (Lipinski definition) is 1. The zero-order chi connectivity index (χ0) is 21.1. The van der Waals surface area contributed by atoms with Crippen molar-refractivity contribution in [2.45, 2.75) is 20.4 Å². The second-order valence-corrected chi connectivity index (χ2v) is 7.16. The molecular weight excluding hydrogens is 395 g/mol. The Morgan fingerprint density at radius 2 is 1.76 bits per heavy atom. The molecule has 150 valence electrons. The van der Waals surface area contributed by atoms with Gasteiger partial charge in [0.05, 0.1) is 5.56 Å². The van der Waals surface area contributed by atoms with Gasteiger partial charge in [0.25, 0.3) is 0 Å². The molecule has 2 aromatic carbocycles. The topological polar surface area (TPSA) is 74.3 Å². The summed E-state index contributed by atoms with van der Waals surface area (Å²) in [5, 5.41) is 0.406. The van der Waals surface area contributed by atoms with Crippen LogP contribution in [0.15, 0.2) is 48.5 Å². The normalized spacial score (nSPS) is 10.8. The molecule has 0 radical (unpaired) electrons. The van der Waals surface area contributed by atoms with Crippen molar-refractivity contribution in [2.24, 2.45) is 0 Å². The van der Waals surface area contributed by atoms with Crippen LogP contribution in [0.5, 0.6) is 0 Å². The Balaban J connectivity index is 1.71. The van der Waals surface area contributed by atoms with E-state index >= 15 is 0 Å². The number of anilines is 1. The molecule has 29 heavy (non-hydrogen) atoms. The number of Topliss-reactive ketones (excluding diaryl/α,β-unsaturated/α-hetero) is 1. The van der Waals surface area contributed by atoms with Crippen LogP contribution in [0.1, 0.15) is 37.7 Å². The molecule has 5 nitrogen and oxygen atoms in total. The number of aryl methyl sites for hydroxylation is 1. The van der Waals surface area contributed by atoms with E-state index in [0.717, 1.165) is 17.0 Å². The second-order valence-electron chi connectivity index (χ2n) is 6.73. The van der Waals surface area contributed by atoms with Crippen molar-refractivity contribution < 1.29 is 18.7 Å². The van der Waals surface area contributed by atoms with Gasteiger partial charge in [-0.2, -0.15) is 0 Å². The minimum atomic E-state index is -0.687. The Hall–Kier alpha value is -3.12. The van der Waals surface area contributed by atoms with Gasteiger partial charge >= 0.3 is 5.97 Å². The van der Waals surface area contributed by atoms with Crippen LogP contribution in [0.2, 0.25) is 5.02 Å². The first-order valence-corrected chi connectivity index (χ1v) is 9.30. The first-order valence-electron chi connectivity index (χ1n) is 8.92. The van der Waals surface area contributed by atoms with E-state index in [9.17, 15) is 14.0 Å². The van der Waals surface area contributed by atoms with Crippen molar-refractivity contribution in [2.75, 3.05) is 12.3 Å². The third-order valence-corrected chi connectivity index (χ3v) is 4.93. The Morgan fingerprint density at radius 1 is 1.07 bits per heavy atom. The highest BCUT2D eigenvalue weighted by molar-refractivity contribution is 6.31. The van der Waals surface area contributed by atoms with E-state index in [1.165, 1.54) is 30.3 Å². The van der Waals surface area contributed by atoms with Crippen LogP contribution >= 0.6 is 11.6 Å². The first kappa shape index (κ1) is 20.6. The zero-order valence-corrected chi connectivity index (χ0v) is 16.8. The summed E-state index contributed by atoms with van der Waals surface area (Å²) in [6.07, 6.45) is 0. The van der Waals surface area contributed by atoms with E-state index < -0.39 is 12.6 Å². The number of aromatic nitrogens is 1. The molecular formula is C22H20ClFN2O3. The molecule has 1 aromatic heterocycles. The van der Waals surface area contributed by atoms with E-state index in [1.807, 2.05) is 18.4 Å². The smallest absolute Gasteiger partial charge is 0.340 e. The number of hydrogen-bond acceptors (Lipinski definition) is 4. The van der Waals surface area contributed by atoms with Crippen LogP contribution in [0.4, 0.5) is 10.1 Å². The number of carbonyl (C=O) groups excluding carboxylic acids is 2. The van der Waals surface area contributed by atoms with Gasteiger partial charge in [0, 0.05) is 34.2 Å². The summed E-state index contributed by atoms with van der Waals surface area (Å²) in [5.74, 6) is -1.30. The number of rotatable bonds is 6. The molecule has 0 aliphatic rings. The van der Waals surface area contributed by atoms with Gasteiger partial charge in [-0.05, 0) is 55.8 Å². The second kappa shape index (κ2) is 8.49. The summed E-state index contributed by atoms with van der Waals surface area (Å²) in [5.41, 5.74) is 9.13. The fourth-order valence-corrected chi connectivity index (χ4v) is 3.29. The molecule has 0 spiro atoms. The Bertz CT molecular complexity index is 1070. The van der Waals surface area contributed by atoms with Crippen molar-refractivity contribution >= 4 is 29.0 Å². The minimum Gasteiger partial charge on any atom is -0.454 e. The van der Waals surface area contributed by atoms with E-state index in [1.54, 1.807) is 18.2 Å². The molecule has 1 heterocycles. The van der Waals surface area contributed by atoms with Gasteiger partial charge in [-0.3, -0.25) is 4.79 Å². The molecule has 0 amide bonds. The van der Waals surface area contributed by atoms with Gasteiger partial charge in [0.15, 0.2) is 6.61 Å². The lowest BCUT2D eigenvalue weighted by molar-refractivity contribution is 0.0475. The Morgan fingerprint density at radius 3 is 2.41 bits per heavy atom. The molecule has 0 aliphatic heterocycles. The van der Waals surface area contributed by atoms with Gasteiger partial charge in [0.1, 0.15) is 5.82 Å². The van der Waals surface area contributed by atoms with Crippen LogP contribution in [0, 0.1) is 19.7 Å². The molecule has 0 fully saturated rings. The number of benzene rings is 2. The van der Waals surface area contributed by atoms with Crippen LogP contribution in [-0.2, 0) is 11.3 Å². The number of ether oxygens (including phenoxy) is 1. The van der Waals surface area contributed by atoms with Crippen molar-refractivity contribution in [3.8, 4) is 0 Å². The van der Waals surface area contributed by atoms with E-state index in [2.05, 4.69) is 0 Å². The highest BCUT2D eigenvalue weighted by Crippen LogP contribution is 2.20. The van der Waals surface area contributed by atoms with Gasteiger partial charge in [-0.25, -0.2) is 9.18 Å². The quantitative estimate of drug-likeness (QED) is 0.364. The van der Waals surface area contributed by atoms with Crippen molar-refractivity contribution in [1.29, 1.82) is 0 Å². The lowest BCUT2D eigenvalue weighted by Gasteiger charge is -2.10. The van der Waals surface area contributed by atoms with Crippen LogP contribution in [0.3, 0.4) is 0 Å². The highest BCUT2D eigenvalue weighted by Gasteiger charge is 2.19. The zero-order valence-electron chi connectivity index (χ0n) is 16.0. The largest absolute Gasteiger partial charge is 0.454 e. The Kier molecular flexibility index (Phi) is 6.03. The van der Waals surface area contributed by atoms with Gasteiger partial charge in [-0.1, -0.05) is 23.7 Å². The average molecular weight is 415 g/mol. The van der Waals surface area contributed by atoms with Crippen molar-refractivity contribution in [3.63, 3.8) is 0 Å². The summed E-state index contributed by atoms with van der Waals surface area (Å²) < 4.78 is 20.2. The van der Waals surface area contributed by atoms with Gasteiger partial charge in [0.2, 0.25) is 5.78 Å². The van der Waals surface area contributed by atoms with Gasteiger partial charge in [-0.15, -0.1) is 0 Å². The maximum atomic E-state index is 13.1. The third kappa shape index (κ3) is 4.66. The Labute approximate surface area is 172 Å². The SMILES string of the molecule is Cc1cc(C(=O)COC(=O)c2ccc(Cl)cc2N)c(C)n1Cc1ccc(F)cc1. The predicted molar refractivity (Wildman–Crippen MR) is 110 cm³/mol. The lowest BCUT2D eigenvalue weighted by atomic mass is 10.1. The summed E-state index contributed by atoms with van der Waals surface area (Å²) in [6, 6.07) is 12.4. The molecule has 0 bridgehead atoms. The maximum Gasteiger partial charge on any atom is 0.340 e. The number of halogens is 2. The van der Waals surface area contributed by atoms with Crippen LogP contribution < -0.4 is 5.73 Å². The first-order chi connectivity index (χ1) is 13.8. The standard InChI is InChI=1S/C22H20ClFN2O3/c1-13-9-19(14(2)26(13)11-15-3-6-17(24)7-4-15)21(27)12-29-22(28)18-8-5-16(23)10-20(18)25/h3-10H,11-12,25H2,1-2H3. The molecule has 0 atom stereocenters. The number of esters is 1. The molecule has 7 heteroatoms. The highest BCUT2D eigenvalue weighted by atomic mass is 35.5. The maximum absolute atomic E-state index is 13.1. The molecule has 0 aliphatic carbocycles. The van der Waals surface area contributed by atoms with Crippen LogP contribution in [-0.4, -0.2) is 22.9 Å². The fourth-order valence-electron chi connectivity index (χ4n) is 3.11. The van der Waals surface area contributed by atoms with Gasteiger partial charge < -0.3 is 15.0 Å². The summed E-state index contributed by atoms with van der Waals surface area (Å²) in [7, 11) is 0. The number of ketones is 1. The average Bonchev–Trinajstić information content (AvgIpc) is 2.96. The summed E-state index contributed by atoms with van der Waals surface area (Å²) >= 11 is 5.82. The third-order valence-electron chi connectivity index (χ3n) is 4.70. The number of carbonyl (C=O) groups is 2. The van der Waals surface area contributed by atoms with E-state index in [-0.39, 0.29) is 22.9 Å². The molecule has 2 N–H and O–H groups in total. The molecule has 3 rings (SSSR count). The molecule has 0 unspecified atom stereocenters. The number of nitrogens with zero attached hydrogens (tertiary/aromatic N) is 1. The van der Waals surface area contributed by atoms with Crippen molar-refractivity contribution in [1.82, 2.24) is 4.57 Å². The van der Waals surface area contributed by atoms with E-state index in [0.29, 0.717) is 17.1 Å². The lowest BCUT2D eigenvalue weighted by Crippen LogP contribution is -2.16. The summed E-state index contributed by atoms with van der Waals surface area (Å²) in [6.45, 7) is 3.81. The minimum absolute atomic E-state index is 0.156. The van der Waals surface area contributed by atoms with Crippen LogP contribution in [0.25, 0.3) is 0 Å². The molecule has 0 saturated carbocycles. The molecule has 0 saturated heterocycles. The monoisotopic (exact) mass is 414 g/mol.